The first kappa shape index (κ1) is 13.0. The minimum atomic E-state index is -0.859. The summed E-state index contributed by atoms with van der Waals surface area (Å²) < 4.78 is 25.9. The van der Waals surface area contributed by atoms with E-state index >= 15 is 0 Å². The van der Waals surface area contributed by atoms with Crippen LogP contribution in [0.5, 0.6) is 0 Å². The number of nitrogens with zero attached hydrogens (tertiary/aromatic N) is 1. The van der Waals surface area contributed by atoms with E-state index in [9.17, 15) is 8.78 Å². The van der Waals surface area contributed by atoms with Crippen LogP contribution in [-0.2, 0) is 6.54 Å². The normalized spacial score (nSPS) is 10.0. The van der Waals surface area contributed by atoms with Crippen LogP contribution < -0.4 is 5.32 Å². The number of hydrogen-bond acceptors (Lipinski definition) is 2. The Labute approximate surface area is 110 Å². The summed E-state index contributed by atoms with van der Waals surface area (Å²) in [5, 5.41) is 11.9. The van der Waals surface area contributed by atoms with E-state index in [0.29, 0.717) is 17.7 Å². The monoisotopic (exact) mass is 258 g/mol. The molecule has 2 rings (SSSR count). The Morgan fingerprint density at radius 3 is 2.58 bits per heavy atom. The van der Waals surface area contributed by atoms with Crippen molar-refractivity contribution >= 4 is 5.69 Å². The van der Waals surface area contributed by atoms with Crippen LogP contribution in [0, 0.1) is 29.9 Å². The molecule has 0 aromatic heterocycles. The molecule has 0 atom stereocenters. The zero-order chi connectivity index (χ0) is 13.8. The average molecular weight is 258 g/mol. The number of rotatable bonds is 3. The second kappa shape index (κ2) is 5.49. The molecule has 4 heteroatoms. The Balaban J connectivity index is 2.14. The van der Waals surface area contributed by atoms with Crippen molar-refractivity contribution in [3.8, 4) is 6.07 Å². The second-order valence-electron chi connectivity index (χ2n) is 4.24. The van der Waals surface area contributed by atoms with E-state index < -0.39 is 11.6 Å². The molecular weight excluding hydrogens is 246 g/mol. The fourth-order valence-electron chi connectivity index (χ4n) is 1.73. The van der Waals surface area contributed by atoms with Gasteiger partial charge in [-0.15, -0.1) is 0 Å². The molecule has 0 spiro atoms. The maximum absolute atomic E-state index is 13.1. The van der Waals surface area contributed by atoms with Gasteiger partial charge in [0, 0.05) is 12.2 Å². The minimum absolute atomic E-state index is 0.368. The molecule has 0 radical (unpaired) electrons. The summed E-state index contributed by atoms with van der Waals surface area (Å²) in [6.45, 7) is 2.28. The number of nitriles is 1. The Bertz CT molecular complexity index is 645. The fourth-order valence-corrected chi connectivity index (χ4v) is 1.73. The molecule has 2 aromatic rings. The van der Waals surface area contributed by atoms with Gasteiger partial charge in [-0.25, -0.2) is 8.78 Å². The van der Waals surface area contributed by atoms with Gasteiger partial charge in [0.25, 0.3) is 0 Å². The van der Waals surface area contributed by atoms with Gasteiger partial charge in [0.1, 0.15) is 0 Å². The van der Waals surface area contributed by atoms with Crippen molar-refractivity contribution in [1.82, 2.24) is 0 Å². The molecule has 0 aliphatic rings. The smallest absolute Gasteiger partial charge is 0.159 e. The van der Waals surface area contributed by atoms with E-state index in [1.54, 1.807) is 12.1 Å². The summed E-state index contributed by atoms with van der Waals surface area (Å²) in [6.07, 6.45) is 0. The molecule has 2 nitrogen and oxygen atoms in total. The maximum Gasteiger partial charge on any atom is 0.159 e. The van der Waals surface area contributed by atoms with Crippen molar-refractivity contribution in [3.63, 3.8) is 0 Å². The zero-order valence-electron chi connectivity index (χ0n) is 10.4. The first-order valence-corrected chi connectivity index (χ1v) is 5.78. The van der Waals surface area contributed by atoms with Crippen molar-refractivity contribution in [1.29, 1.82) is 5.26 Å². The third kappa shape index (κ3) is 3.08. The largest absolute Gasteiger partial charge is 0.381 e. The molecule has 0 heterocycles. The van der Waals surface area contributed by atoms with Crippen molar-refractivity contribution in [2.75, 3.05) is 5.32 Å². The molecule has 0 fully saturated rings. The van der Waals surface area contributed by atoms with Gasteiger partial charge in [0.15, 0.2) is 11.6 Å². The Morgan fingerprint density at radius 1 is 1.11 bits per heavy atom. The summed E-state index contributed by atoms with van der Waals surface area (Å²) in [5.74, 6) is -1.71. The zero-order valence-corrected chi connectivity index (χ0v) is 10.4. The average Bonchev–Trinajstić information content (AvgIpc) is 2.41. The van der Waals surface area contributed by atoms with Crippen LogP contribution in [0.2, 0.25) is 0 Å². The minimum Gasteiger partial charge on any atom is -0.381 e. The van der Waals surface area contributed by atoms with Crippen LogP contribution in [0.25, 0.3) is 0 Å². The van der Waals surface area contributed by atoms with E-state index in [1.165, 1.54) is 6.07 Å². The molecule has 96 valence electrons. The second-order valence-corrected chi connectivity index (χ2v) is 4.24. The molecule has 0 saturated carbocycles. The van der Waals surface area contributed by atoms with Crippen LogP contribution in [0.3, 0.4) is 0 Å². The molecule has 0 aliphatic heterocycles. The highest BCUT2D eigenvalue weighted by molar-refractivity contribution is 5.55. The first-order valence-electron chi connectivity index (χ1n) is 5.78. The molecule has 2 aromatic carbocycles. The van der Waals surface area contributed by atoms with Crippen molar-refractivity contribution in [2.45, 2.75) is 13.5 Å². The summed E-state index contributed by atoms with van der Waals surface area (Å²) in [7, 11) is 0. The quantitative estimate of drug-likeness (QED) is 0.909. The fraction of sp³-hybridized carbons (Fsp3) is 0.133. The summed E-state index contributed by atoms with van der Waals surface area (Å²) >= 11 is 0. The third-order valence-corrected chi connectivity index (χ3v) is 2.83. The standard InChI is InChI=1S/C15H12F2N2/c1-10-2-3-11(8-18)7-15(10)19-9-12-4-5-13(16)14(17)6-12/h2-7,19H,9H2,1H3. The number of nitrogens with one attached hydrogen (secondary N) is 1. The lowest BCUT2D eigenvalue weighted by Crippen LogP contribution is -2.02. The van der Waals surface area contributed by atoms with Gasteiger partial charge in [-0.1, -0.05) is 12.1 Å². The van der Waals surface area contributed by atoms with Gasteiger partial charge in [-0.3, -0.25) is 0 Å². The maximum atomic E-state index is 13.1. The molecule has 0 bridgehead atoms. The predicted molar refractivity (Wildman–Crippen MR) is 69.6 cm³/mol. The molecule has 19 heavy (non-hydrogen) atoms. The van der Waals surface area contributed by atoms with Crippen molar-refractivity contribution < 1.29 is 8.78 Å². The van der Waals surface area contributed by atoms with Crippen LogP contribution in [-0.4, -0.2) is 0 Å². The number of halogens is 2. The van der Waals surface area contributed by atoms with Gasteiger partial charge in [-0.2, -0.15) is 5.26 Å². The Hall–Kier alpha value is -2.41. The summed E-state index contributed by atoms with van der Waals surface area (Å²) in [5.41, 5.74) is 2.99. The number of benzene rings is 2. The summed E-state index contributed by atoms with van der Waals surface area (Å²) in [4.78, 5) is 0. The van der Waals surface area contributed by atoms with Gasteiger partial charge in [-0.05, 0) is 42.3 Å². The van der Waals surface area contributed by atoms with Crippen molar-refractivity contribution in [2.24, 2.45) is 0 Å². The van der Waals surface area contributed by atoms with E-state index in [0.717, 1.165) is 23.4 Å². The molecule has 0 aliphatic carbocycles. The molecule has 0 amide bonds. The predicted octanol–water partition coefficient (Wildman–Crippen LogP) is 3.76. The molecule has 0 saturated heterocycles. The van der Waals surface area contributed by atoms with Crippen LogP contribution in [0.15, 0.2) is 36.4 Å². The summed E-state index contributed by atoms with van der Waals surface area (Å²) in [6, 6.07) is 11.1. The number of anilines is 1. The third-order valence-electron chi connectivity index (χ3n) is 2.83. The lowest BCUT2D eigenvalue weighted by molar-refractivity contribution is 0.507. The van der Waals surface area contributed by atoms with Gasteiger partial charge in [0.2, 0.25) is 0 Å². The van der Waals surface area contributed by atoms with Crippen molar-refractivity contribution in [3.05, 3.63) is 64.7 Å². The first-order chi connectivity index (χ1) is 9.10. The Morgan fingerprint density at radius 2 is 1.89 bits per heavy atom. The topological polar surface area (TPSA) is 35.8 Å². The Kier molecular flexibility index (Phi) is 3.76. The number of hydrogen-bond donors (Lipinski definition) is 1. The van der Waals surface area contributed by atoms with Gasteiger partial charge < -0.3 is 5.32 Å². The highest BCUT2D eigenvalue weighted by atomic mass is 19.2. The van der Waals surface area contributed by atoms with Crippen LogP contribution in [0.1, 0.15) is 16.7 Å². The van der Waals surface area contributed by atoms with E-state index in [4.69, 9.17) is 5.26 Å². The lowest BCUT2D eigenvalue weighted by atomic mass is 10.1. The molecular formula is C15H12F2N2. The van der Waals surface area contributed by atoms with Gasteiger partial charge in [0.05, 0.1) is 11.6 Å². The van der Waals surface area contributed by atoms with Crippen LogP contribution in [0.4, 0.5) is 14.5 Å². The molecule has 0 unspecified atom stereocenters. The van der Waals surface area contributed by atoms with E-state index in [1.807, 2.05) is 13.0 Å². The van der Waals surface area contributed by atoms with E-state index in [2.05, 4.69) is 11.4 Å². The number of aryl methyl sites for hydroxylation is 1. The highest BCUT2D eigenvalue weighted by Gasteiger charge is 2.04. The lowest BCUT2D eigenvalue weighted by Gasteiger charge is -2.10. The van der Waals surface area contributed by atoms with Crippen LogP contribution >= 0.6 is 0 Å². The highest BCUT2D eigenvalue weighted by Crippen LogP contribution is 2.18. The molecule has 1 N–H and O–H groups in total. The SMILES string of the molecule is Cc1ccc(C#N)cc1NCc1ccc(F)c(F)c1. The van der Waals surface area contributed by atoms with Gasteiger partial charge >= 0.3 is 0 Å². The van der Waals surface area contributed by atoms with E-state index in [-0.39, 0.29) is 0 Å².